The van der Waals surface area contributed by atoms with Crippen LogP contribution in [-0.4, -0.2) is 17.5 Å². The highest BCUT2D eigenvalue weighted by molar-refractivity contribution is 8.00. The molecule has 2 heteroatoms. The van der Waals surface area contributed by atoms with Gasteiger partial charge in [-0.25, -0.2) is 0 Å². The fraction of sp³-hybridized carbons (Fsp3) is 0.600. The molecule has 0 saturated carbocycles. The van der Waals surface area contributed by atoms with Crippen LogP contribution < -0.4 is 5.32 Å². The molecule has 1 heterocycles. The van der Waals surface area contributed by atoms with Crippen molar-refractivity contribution < 1.29 is 0 Å². The average Bonchev–Trinajstić information content (AvgIpc) is 2.84. The van der Waals surface area contributed by atoms with Crippen molar-refractivity contribution in [2.75, 3.05) is 12.3 Å². The van der Waals surface area contributed by atoms with E-state index >= 15 is 0 Å². The Balaban J connectivity index is 2.27. The van der Waals surface area contributed by atoms with E-state index in [0.717, 1.165) is 11.8 Å². The second kappa shape index (κ2) is 5.92. The molecule has 1 nitrogen and oxygen atoms in total. The van der Waals surface area contributed by atoms with E-state index in [1.807, 2.05) is 0 Å². The maximum absolute atomic E-state index is 3.69. The first-order valence-corrected chi connectivity index (χ1v) is 7.70. The number of rotatable bonds is 4. The highest BCUT2D eigenvalue weighted by atomic mass is 32.2. The van der Waals surface area contributed by atoms with Gasteiger partial charge < -0.3 is 5.32 Å². The molecule has 94 valence electrons. The molecule has 1 N–H and O–H groups in total. The normalized spacial score (nSPS) is 21.7. The minimum Gasteiger partial charge on any atom is -0.309 e. The van der Waals surface area contributed by atoms with Crippen molar-refractivity contribution in [2.24, 2.45) is 0 Å². The lowest BCUT2D eigenvalue weighted by molar-refractivity contribution is 0.517. The van der Waals surface area contributed by atoms with Gasteiger partial charge in [-0.05, 0) is 55.7 Å². The van der Waals surface area contributed by atoms with Gasteiger partial charge in [0.05, 0.1) is 0 Å². The maximum Gasteiger partial charge on any atom is 0.0443 e. The molecule has 1 saturated heterocycles. The predicted molar refractivity (Wildman–Crippen MR) is 77.8 cm³/mol. The van der Waals surface area contributed by atoms with E-state index in [0.29, 0.717) is 6.04 Å². The van der Waals surface area contributed by atoms with Crippen molar-refractivity contribution in [3.8, 4) is 0 Å². The number of hydrogen-bond donors (Lipinski definition) is 1. The van der Waals surface area contributed by atoms with Crippen molar-refractivity contribution >= 4 is 11.8 Å². The second-order valence-electron chi connectivity index (χ2n) is 4.88. The van der Waals surface area contributed by atoms with E-state index in [-0.39, 0.29) is 0 Å². The van der Waals surface area contributed by atoms with Crippen LogP contribution in [0.5, 0.6) is 0 Å². The third kappa shape index (κ3) is 2.86. The van der Waals surface area contributed by atoms with Gasteiger partial charge in [0.1, 0.15) is 0 Å². The monoisotopic (exact) mass is 249 g/mol. The van der Waals surface area contributed by atoms with Gasteiger partial charge in [0.15, 0.2) is 0 Å². The van der Waals surface area contributed by atoms with Crippen LogP contribution >= 0.6 is 11.8 Å². The minimum absolute atomic E-state index is 0.535. The topological polar surface area (TPSA) is 12.0 Å². The SMILES string of the molecule is CCNC(c1cccc(C)c1C)C1CCCS1. The Morgan fingerprint density at radius 1 is 1.41 bits per heavy atom. The molecule has 0 radical (unpaired) electrons. The van der Waals surface area contributed by atoms with Crippen molar-refractivity contribution in [3.05, 3.63) is 34.9 Å². The molecule has 1 fully saturated rings. The van der Waals surface area contributed by atoms with E-state index in [9.17, 15) is 0 Å². The quantitative estimate of drug-likeness (QED) is 0.870. The Hall–Kier alpha value is -0.470. The summed E-state index contributed by atoms with van der Waals surface area (Å²) in [5.74, 6) is 1.33. The van der Waals surface area contributed by atoms with E-state index < -0.39 is 0 Å². The Morgan fingerprint density at radius 2 is 2.24 bits per heavy atom. The van der Waals surface area contributed by atoms with Gasteiger partial charge in [0.2, 0.25) is 0 Å². The first-order chi connectivity index (χ1) is 8.24. The zero-order chi connectivity index (χ0) is 12.3. The highest BCUT2D eigenvalue weighted by Crippen LogP contribution is 2.37. The summed E-state index contributed by atoms with van der Waals surface area (Å²) in [7, 11) is 0. The molecule has 1 aliphatic heterocycles. The van der Waals surface area contributed by atoms with Gasteiger partial charge in [-0.3, -0.25) is 0 Å². The molecule has 0 aromatic heterocycles. The Bertz CT molecular complexity index is 369. The molecular formula is C15H23NS. The summed E-state index contributed by atoms with van der Waals surface area (Å²) in [6, 6.07) is 7.24. The second-order valence-corrected chi connectivity index (χ2v) is 6.22. The van der Waals surface area contributed by atoms with Crippen LogP contribution in [0, 0.1) is 13.8 Å². The molecule has 2 rings (SSSR count). The van der Waals surface area contributed by atoms with E-state index in [4.69, 9.17) is 0 Å². The molecule has 17 heavy (non-hydrogen) atoms. The lowest BCUT2D eigenvalue weighted by Gasteiger charge is -2.26. The minimum atomic E-state index is 0.535. The van der Waals surface area contributed by atoms with Gasteiger partial charge in [0.25, 0.3) is 0 Å². The molecule has 0 spiro atoms. The fourth-order valence-corrected chi connectivity index (χ4v) is 4.04. The van der Waals surface area contributed by atoms with Crippen molar-refractivity contribution in [1.82, 2.24) is 5.32 Å². The third-order valence-corrected chi connectivity index (χ3v) is 5.20. The molecule has 2 unspecified atom stereocenters. The van der Waals surface area contributed by atoms with Crippen LogP contribution in [-0.2, 0) is 0 Å². The standard InChI is InChI=1S/C15H23NS/c1-4-16-15(14-9-6-10-17-14)13-8-5-7-11(2)12(13)3/h5,7-8,14-16H,4,6,9-10H2,1-3H3. The maximum atomic E-state index is 3.69. The van der Waals surface area contributed by atoms with Crippen LogP contribution in [0.3, 0.4) is 0 Å². The van der Waals surface area contributed by atoms with Crippen LogP contribution in [0.2, 0.25) is 0 Å². The lowest BCUT2D eigenvalue weighted by Crippen LogP contribution is -2.29. The first-order valence-electron chi connectivity index (χ1n) is 6.65. The Labute approximate surface area is 109 Å². The van der Waals surface area contributed by atoms with Crippen molar-refractivity contribution in [2.45, 2.75) is 44.9 Å². The summed E-state index contributed by atoms with van der Waals surface area (Å²) in [4.78, 5) is 0. The summed E-state index contributed by atoms with van der Waals surface area (Å²) in [6.45, 7) is 7.73. The summed E-state index contributed by atoms with van der Waals surface area (Å²) >= 11 is 2.14. The zero-order valence-electron chi connectivity index (χ0n) is 11.1. The van der Waals surface area contributed by atoms with Gasteiger partial charge in [-0.1, -0.05) is 25.1 Å². The van der Waals surface area contributed by atoms with Crippen LogP contribution in [0.4, 0.5) is 0 Å². The van der Waals surface area contributed by atoms with Crippen molar-refractivity contribution in [3.63, 3.8) is 0 Å². The zero-order valence-corrected chi connectivity index (χ0v) is 11.9. The number of benzene rings is 1. The van der Waals surface area contributed by atoms with E-state index in [1.54, 1.807) is 0 Å². The lowest BCUT2D eigenvalue weighted by atomic mass is 9.94. The molecule has 0 aliphatic carbocycles. The highest BCUT2D eigenvalue weighted by Gasteiger charge is 2.27. The number of hydrogen-bond acceptors (Lipinski definition) is 2. The van der Waals surface area contributed by atoms with Crippen molar-refractivity contribution in [1.29, 1.82) is 0 Å². The largest absolute Gasteiger partial charge is 0.309 e. The molecule has 0 amide bonds. The predicted octanol–water partition coefficient (Wildman–Crippen LogP) is 3.85. The number of nitrogens with one attached hydrogen (secondary N) is 1. The number of thioether (sulfide) groups is 1. The molecular weight excluding hydrogens is 226 g/mol. The molecule has 1 aromatic rings. The van der Waals surface area contributed by atoms with Crippen LogP contribution in [0.25, 0.3) is 0 Å². The van der Waals surface area contributed by atoms with Gasteiger partial charge in [-0.15, -0.1) is 0 Å². The van der Waals surface area contributed by atoms with Crippen LogP contribution in [0.1, 0.15) is 42.5 Å². The van der Waals surface area contributed by atoms with Gasteiger partial charge >= 0.3 is 0 Å². The first kappa shape index (κ1) is 13.0. The molecule has 1 aromatic carbocycles. The van der Waals surface area contributed by atoms with Gasteiger partial charge in [-0.2, -0.15) is 11.8 Å². The summed E-state index contributed by atoms with van der Waals surface area (Å²) < 4.78 is 0. The average molecular weight is 249 g/mol. The van der Waals surface area contributed by atoms with Gasteiger partial charge in [0, 0.05) is 11.3 Å². The number of aryl methyl sites for hydroxylation is 1. The Morgan fingerprint density at radius 3 is 2.88 bits per heavy atom. The third-order valence-electron chi connectivity index (χ3n) is 3.74. The summed E-state index contributed by atoms with van der Waals surface area (Å²) in [5, 5.41) is 4.45. The summed E-state index contributed by atoms with van der Waals surface area (Å²) in [6.07, 6.45) is 2.73. The molecule has 1 aliphatic rings. The molecule has 2 atom stereocenters. The van der Waals surface area contributed by atoms with E-state index in [1.165, 1.54) is 35.3 Å². The fourth-order valence-electron chi connectivity index (χ4n) is 2.64. The summed E-state index contributed by atoms with van der Waals surface area (Å²) in [5.41, 5.74) is 4.38. The Kier molecular flexibility index (Phi) is 4.52. The van der Waals surface area contributed by atoms with E-state index in [2.05, 4.69) is 56.0 Å². The molecule has 0 bridgehead atoms. The van der Waals surface area contributed by atoms with Crippen LogP contribution in [0.15, 0.2) is 18.2 Å². The smallest absolute Gasteiger partial charge is 0.0443 e.